The van der Waals surface area contributed by atoms with Crippen LogP contribution in [0.15, 0.2) is 36.7 Å². The fraction of sp³-hybridized carbons (Fsp3) is 0.250. The number of aromatic nitrogens is 2. The first-order valence-corrected chi connectivity index (χ1v) is 5.57. The number of benzene rings is 1. The molecular formula is C12H14N2OS. The lowest BCUT2D eigenvalue weighted by atomic mass is 10.1. The van der Waals surface area contributed by atoms with Crippen LogP contribution in [0, 0.1) is 4.77 Å². The minimum Gasteiger partial charge on any atom is -0.384 e. The van der Waals surface area contributed by atoms with Crippen LogP contribution in [0.2, 0.25) is 0 Å². The highest BCUT2D eigenvalue weighted by molar-refractivity contribution is 7.71. The topological polar surface area (TPSA) is 29.9 Å². The van der Waals surface area contributed by atoms with Crippen LogP contribution >= 0.6 is 12.2 Å². The van der Waals surface area contributed by atoms with E-state index < -0.39 is 0 Å². The molecule has 0 unspecified atom stereocenters. The number of ether oxygens (including phenoxy) is 1. The first-order valence-electron chi connectivity index (χ1n) is 5.16. The lowest BCUT2D eigenvalue weighted by Gasteiger charge is -2.09. The molecule has 1 N–H and O–H groups in total. The summed E-state index contributed by atoms with van der Waals surface area (Å²) in [5.41, 5.74) is 2.35. The molecule has 16 heavy (non-hydrogen) atoms. The largest absolute Gasteiger partial charge is 0.384 e. The van der Waals surface area contributed by atoms with Gasteiger partial charge in [-0.05, 0) is 30.3 Å². The van der Waals surface area contributed by atoms with Crippen LogP contribution < -0.4 is 0 Å². The number of imidazole rings is 1. The molecule has 0 saturated heterocycles. The number of aromatic amines is 1. The Morgan fingerprint density at radius 1 is 1.38 bits per heavy atom. The van der Waals surface area contributed by atoms with Crippen molar-refractivity contribution >= 4 is 12.2 Å². The van der Waals surface area contributed by atoms with E-state index in [1.165, 1.54) is 5.56 Å². The third kappa shape index (κ3) is 2.23. The van der Waals surface area contributed by atoms with Gasteiger partial charge < -0.3 is 9.72 Å². The Morgan fingerprint density at radius 3 is 2.88 bits per heavy atom. The highest BCUT2D eigenvalue weighted by Crippen LogP contribution is 2.15. The Bertz CT molecular complexity index is 515. The Morgan fingerprint density at radius 2 is 2.19 bits per heavy atom. The van der Waals surface area contributed by atoms with Crippen molar-refractivity contribution in [3.05, 3.63) is 47.0 Å². The molecule has 0 atom stereocenters. The summed E-state index contributed by atoms with van der Waals surface area (Å²) in [6, 6.07) is 8.21. The van der Waals surface area contributed by atoms with Gasteiger partial charge in [0.05, 0.1) is 12.3 Å². The second-order valence-electron chi connectivity index (χ2n) is 3.51. The molecule has 0 aliphatic rings. The summed E-state index contributed by atoms with van der Waals surface area (Å²) in [5, 5.41) is 0. The van der Waals surface area contributed by atoms with E-state index in [1.807, 2.05) is 29.1 Å². The van der Waals surface area contributed by atoms with Gasteiger partial charge in [-0.2, -0.15) is 0 Å². The maximum atomic E-state index is 5.22. The first-order chi connectivity index (χ1) is 7.83. The molecule has 3 nitrogen and oxygen atoms in total. The summed E-state index contributed by atoms with van der Waals surface area (Å²) < 4.78 is 7.79. The molecule has 0 saturated carbocycles. The average Bonchev–Trinajstić information content (AvgIpc) is 2.73. The molecule has 84 valence electrons. The molecule has 2 rings (SSSR count). The third-order valence-corrected chi connectivity index (χ3v) is 2.79. The van der Waals surface area contributed by atoms with Crippen LogP contribution in [0.5, 0.6) is 0 Å². The summed E-state index contributed by atoms with van der Waals surface area (Å²) in [6.07, 6.45) is 4.67. The number of para-hydroxylation sites is 1. The number of nitrogens with one attached hydrogen (secondary N) is 1. The van der Waals surface area contributed by atoms with Crippen LogP contribution in [0.25, 0.3) is 5.69 Å². The summed E-state index contributed by atoms with van der Waals surface area (Å²) in [5.74, 6) is 0. The molecule has 0 spiro atoms. The molecule has 0 aliphatic carbocycles. The third-order valence-electron chi connectivity index (χ3n) is 2.48. The highest BCUT2D eigenvalue weighted by atomic mass is 32.1. The van der Waals surface area contributed by atoms with Gasteiger partial charge >= 0.3 is 0 Å². The monoisotopic (exact) mass is 234 g/mol. The number of hydrogen-bond acceptors (Lipinski definition) is 2. The standard InChI is InChI=1S/C12H14N2OS/c1-15-9-6-10-4-2-3-5-11(10)14-8-7-13-12(14)16/h2-5,7-8H,6,9H2,1H3,(H,13,16). The second-order valence-corrected chi connectivity index (χ2v) is 3.89. The lowest BCUT2D eigenvalue weighted by molar-refractivity contribution is 0.202. The number of rotatable bonds is 4. The molecule has 0 radical (unpaired) electrons. The summed E-state index contributed by atoms with van der Waals surface area (Å²) >= 11 is 5.22. The number of hydrogen-bond donors (Lipinski definition) is 1. The normalized spacial score (nSPS) is 10.6. The number of H-pyrrole nitrogens is 1. The fourth-order valence-corrected chi connectivity index (χ4v) is 1.91. The Kier molecular flexibility index (Phi) is 3.54. The van der Waals surface area contributed by atoms with E-state index in [0.717, 1.165) is 18.7 Å². The Hall–Kier alpha value is -1.39. The lowest BCUT2D eigenvalue weighted by Crippen LogP contribution is -2.01. The van der Waals surface area contributed by atoms with Crippen molar-refractivity contribution in [3.8, 4) is 5.69 Å². The SMILES string of the molecule is COCCc1ccccc1-n1cc[nH]c1=S. The summed E-state index contributed by atoms with van der Waals surface area (Å²) in [6.45, 7) is 0.717. The van der Waals surface area contributed by atoms with Crippen molar-refractivity contribution in [2.45, 2.75) is 6.42 Å². The summed E-state index contributed by atoms with van der Waals surface area (Å²) in [4.78, 5) is 3.00. The molecular weight excluding hydrogens is 220 g/mol. The molecule has 0 fully saturated rings. The van der Waals surface area contributed by atoms with Gasteiger partial charge in [-0.15, -0.1) is 0 Å². The zero-order chi connectivity index (χ0) is 11.4. The van der Waals surface area contributed by atoms with Crippen LogP contribution in [-0.2, 0) is 11.2 Å². The van der Waals surface area contributed by atoms with Crippen LogP contribution in [0.1, 0.15) is 5.56 Å². The van der Waals surface area contributed by atoms with Gasteiger partial charge in [-0.3, -0.25) is 4.57 Å². The van der Waals surface area contributed by atoms with E-state index in [9.17, 15) is 0 Å². The smallest absolute Gasteiger partial charge is 0.181 e. The number of nitrogens with zero attached hydrogens (tertiary/aromatic N) is 1. The maximum absolute atomic E-state index is 5.22. The zero-order valence-electron chi connectivity index (χ0n) is 9.14. The second kappa shape index (κ2) is 5.09. The van der Waals surface area contributed by atoms with Crippen LogP contribution in [0.4, 0.5) is 0 Å². The van der Waals surface area contributed by atoms with Gasteiger partial charge in [0.25, 0.3) is 0 Å². The molecule has 2 aromatic rings. The fourth-order valence-electron chi connectivity index (χ4n) is 1.68. The molecule has 0 aliphatic heterocycles. The van der Waals surface area contributed by atoms with Crippen molar-refractivity contribution in [1.82, 2.24) is 9.55 Å². The Labute approximate surface area is 99.7 Å². The zero-order valence-corrected chi connectivity index (χ0v) is 9.96. The highest BCUT2D eigenvalue weighted by Gasteiger charge is 2.04. The minimum atomic E-state index is 0.713. The molecule has 0 bridgehead atoms. The van der Waals surface area contributed by atoms with Crippen molar-refractivity contribution in [3.63, 3.8) is 0 Å². The first kappa shape index (κ1) is 11.1. The van der Waals surface area contributed by atoms with Gasteiger partial charge in [0.2, 0.25) is 0 Å². The van der Waals surface area contributed by atoms with E-state index in [1.54, 1.807) is 7.11 Å². The van der Waals surface area contributed by atoms with Gasteiger partial charge in [0, 0.05) is 19.5 Å². The minimum absolute atomic E-state index is 0.713. The molecule has 1 aromatic heterocycles. The van der Waals surface area contributed by atoms with E-state index in [2.05, 4.69) is 17.1 Å². The average molecular weight is 234 g/mol. The Balaban J connectivity index is 2.40. The van der Waals surface area contributed by atoms with Gasteiger partial charge in [-0.1, -0.05) is 18.2 Å². The van der Waals surface area contributed by atoms with Crippen molar-refractivity contribution in [1.29, 1.82) is 0 Å². The van der Waals surface area contributed by atoms with E-state index in [-0.39, 0.29) is 0 Å². The molecule has 4 heteroatoms. The quantitative estimate of drug-likeness (QED) is 0.824. The molecule has 0 amide bonds. The van der Waals surface area contributed by atoms with E-state index >= 15 is 0 Å². The predicted molar refractivity (Wildman–Crippen MR) is 66.5 cm³/mol. The van der Waals surface area contributed by atoms with Crippen LogP contribution in [0.3, 0.4) is 0 Å². The van der Waals surface area contributed by atoms with Gasteiger partial charge in [0.1, 0.15) is 0 Å². The van der Waals surface area contributed by atoms with E-state index in [4.69, 9.17) is 17.0 Å². The van der Waals surface area contributed by atoms with Gasteiger partial charge in [0.15, 0.2) is 4.77 Å². The van der Waals surface area contributed by atoms with Gasteiger partial charge in [-0.25, -0.2) is 0 Å². The molecule has 1 heterocycles. The molecule has 1 aromatic carbocycles. The van der Waals surface area contributed by atoms with Crippen molar-refractivity contribution in [2.24, 2.45) is 0 Å². The van der Waals surface area contributed by atoms with Crippen molar-refractivity contribution in [2.75, 3.05) is 13.7 Å². The predicted octanol–water partition coefficient (Wildman–Crippen LogP) is 2.72. The summed E-state index contributed by atoms with van der Waals surface area (Å²) in [7, 11) is 1.71. The maximum Gasteiger partial charge on any atom is 0.181 e. The van der Waals surface area contributed by atoms with Crippen LogP contribution in [-0.4, -0.2) is 23.3 Å². The number of methoxy groups -OCH3 is 1. The van der Waals surface area contributed by atoms with E-state index in [0.29, 0.717) is 4.77 Å². The van der Waals surface area contributed by atoms with Crippen molar-refractivity contribution < 1.29 is 4.74 Å².